The van der Waals surface area contributed by atoms with Gasteiger partial charge in [-0.3, -0.25) is 4.52 Å². The van der Waals surface area contributed by atoms with Crippen molar-refractivity contribution in [2.45, 2.75) is 6.92 Å². The Morgan fingerprint density at radius 3 is 3.25 bits per heavy atom. The molecule has 0 amide bonds. The van der Waals surface area contributed by atoms with E-state index in [2.05, 4.69) is 21.1 Å². The van der Waals surface area contributed by atoms with E-state index >= 15 is 0 Å². The van der Waals surface area contributed by atoms with Crippen molar-refractivity contribution >= 4 is 0 Å². The molecule has 4 nitrogen and oxygen atoms in total. The fourth-order valence-electron chi connectivity index (χ4n) is 0.329. The molecule has 1 aromatic rings. The van der Waals surface area contributed by atoms with E-state index in [0.29, 0.717) is 6.61 Å². The number of hydrogen-bond acceptors (Lipinski definition) is 4. The number of hydrogen-bond donors (Lipinski definition) is 0. The van der Waals surface area contributed by atoms with Crippen LogP contribution in [-0.4, -0.2) is 17.0 Å². The molecule has 0 N–H and O–H groups in total. The van der Waals surface area contributed by atoms with Crippen molar-refractivity contribution in [1.82, 2.24) is 10.4 Å². The van der Waals surface area contributed by atoms with E-state index in [4.69, 9.17) is 4.74 Å². The first-order valence-electron chi connectivity index (χ1n) is 2.26. The standard InChI is InChI=1S/C4H5N2O2/c1-2-7-4-3-5-6-8-4/h2H2,1H3. The van der Waals surface area contributed by atoms with E-state index in [0.717, 1.165) is 0 Å². The molecule has 0 aliphatic rings. The average molecular weight is 113 g/mol. The van der Waals surface area contributed by atoms with Gasteiger partial charge < -0.3 is 4.74 Å². The molecule has 43 valence electrons. The second kappa shape index (κ2) is 2.30. The van der Waals surface area contributed by atoms with Crippen LogP contribution in [0.2, 0.25) is 0 Å². The first-order valence-corrected chi connectivity index (χ1v) is 2.26. The van der Waals surface area contributed by atoms with Gasteiger partial charge in [0.2, 0.25) is 6.20 Å². The lowest BCUT2D eigenvalue weighted by molar-refractivity contribution is 0.221. The van der Waals surface area contributed by atoms with E-state index in [1.54, 1.807) is 0 Å². The van der Waals surface area contributed by atoms with Crippen molar-refractivity contribution < 1.29 is 9.26 Å². The summed E-state index contributed by atoms with van der Waals surface area (Å²) in [4.78, 5) is 0. The lowest BCUT2D eigenvalue weighted by atomic mass is 10.8. The highest BCUT2D eigenvalue weighted by atomic mass is 16.6. The summed E-state index contributed by atoms with van der Waals surface area (Å²) < 4.78 is 9.23. The molecule has 8 heavy (non-hydrogen) atoms. The minimum Gasteiger partial charge on any atom is -0.462 e. The van der Waals surface area contributed by atoms with Crippen LogP contribution in [0.4, 0.5) is 0 Å². The van der Waals surface area contributed by atoms with Crippen LogP contribution in [-0.2, 0) is 0 Å². The highest BCUT2D eigenvalue weighted by Crippen LogP contribution is 2.01. The van der Waals surface area contributed by atoms with Crippen molar-refractivity contribution in [2.75, 3.05) is 6.61 Å². The normalized spacial score (nSPS) is 9.12. The lowest BCUT2D eigenvalue weighted by Gasteiger charge is -1.89. The number of ether oxygens (including phenoxy) is 1. The minimum absolute atomic E-state index is 0.243. The molecule has 0 unspecified atom stereocenters. The molecule has 0 aliphatic heterocycles. The molecule has 1 rings (SSSR count). The van der Waals surface area contributed by atoms with Gasteiger partial charge in [-0.15, -0.1) is 5.10 Å². The molecule has 0 atom stereocenters. The number of nitrogens with zero attached hydrogens (tertiary/aromatic N) is 2. The quantitative estimate of drug-likeness (QED) is 0.552. The van der Waals surface area contributed by atoms with E-state index < -0.39 is 0 Å². The summed E-state index contributed by atoms with van der Waals surface area (Å²) in [6, 6.07) is 0. The zero-order chi connectivity index (χ0) is 5.82. The molecule has 0 saturated heterocycles. The van der Waals surface area contributed by atoms with Crippen LogP contribution in [0.25, 0.3) is 0 Å². The van der Waals surface area contributed by atoms with Gasteiger partial charge in [-0.05, 0) is 6.92 Å². The maximum Gasteiger partial charge on any atom is 0.342 e. The third kappa shape index (κ3) is 0.959. The van der Waals surface area contributed by atoms with Crippen LogP contribution in [0.15, 0.2) is 4.52 Å². The Kier molecular flexibility index (Phi) is 1.46. The predicted molar refractivity (Wildman–Crippen MR) is 24.3 cm³/mol. The van der Waals surface area contributed by atoms with Gasteiger partial charge in [-0.1, -0.05) is 0 Å². The van der Waals surface area contributed by atoms with Crippen LogP contribution in [0.1, 0.15) is 6.92 Å². The van der Waals surface area contributed by atoms with E-state index in [9.17, 15) is 0 Å². The molecule has 1 aromatic heterocycles. The monoisotopic (exact) mass is 113 g/mol. The van der Waals surface area contributed by atoms with Gasteiger partial charge in [0.25, 0.3) is 0 Å². The lowest BCUT2D eigenvalue weighted by Crippen LogP contribution is -1.88. The molecule has 1 radical (unpaired) electrons. The fraction of sp³-hybridized carbons (Fsp3) is 0.500. The predicted octanol–water partition coefficient (Wildman–Crippen LogP) is 0.268. The second-order valence-electron chi connectivity index (χ2n) is 1.11. The Hall–Kier alpha value is -1.06. The summed E-state index contributed by atoms with van der Waals surface area (Å²) in [6.07, 6.45) is 2.39. The first-order chi connectivity index (χ1) is 3.93. The maximum absolute atomic E-state index is 4.80. The zero-order valence-corrected chi connectivity index (χ0v) is 4.42. The molecule has 1 heterocycles. The zero-order valence-electron chi connectivity index (χ0n) is 4.42. The van der Waals surface area contributed by atoms with Gasteiger partial charge in [0.05, 0.1) is 6.61 Å². The SMILES string of the molecule is CCOc1[c]nno1. The highest BCUT2D eigenvalue weighted by Gasteiger charge is 1.93. The Morgan fingerprint density at radius 1 is 1.88 bits per heavy atom. The number of rotatable bonds is 2. The molecule has 4 heteroatoms. The minimum atomic E-state index is 0.243. The third-order valence-corrected chi connectivity index (χ3v) is 0.581. The second-order valence-corrected chi connectivity index (χ2v) is 1.11. The highest BCUT2D eigenvalue weighted by molar-refractivity contribution is 4.88. The topological polar surface area (TPSA) is 48.2 Å². The molecule has 0 saturated carbocycles. The average Bonchev–Trinajstić information content (AvgIpc) is 2.19. The maximum atomic E-state index is 4.80. The van der Waals surface area contributed by atoms with Crippen molar-refractivity contribution in [3.05, 3.63) is 6.20 Å². The Morgan fingerprint density at radius 2 is 2.75 bits per heavy atom. The van der Waals surface area contributed by atoms with Crippen LogP contribution >= 0.6 is 0 Å². The molecule has 0 fully saturated rings. The summed E-state index contributed by atoms with van der Waals surface area (Å²) in [7, 11) is 0. The largest absolute Gasteiger partial charge is 0.462 e. The molecule has 0 spiro atoms. The summed E-state index contributed by atoms with van der Waals surface area (Å²) in [5.74, 6) is 0.243. The van der Waals surface area contributed by atoms with Gasteiger partial charge >= 0.3 is 5.95 Å². The van der Waals surface area contributed by atoms with Gasteiger partial charge in [0, 0.05) is 5.27 Å². The van der Waals surface area contributed by atoms with Crippen molar-refractivity contribution in [3.8, 4) is 5.95 Å². The van der Waals surface area contributed by atoms with Gasteiger partial charge in [0.1, 0.15) is 0 Å². The first kappa shape index (κ1) is 5.08. The van der Waals surface area contributed by atoms with Gasteiger partial charge in [-0.2, -0.15) is 0 Å². The third-order valence-electron chi connectivity index (χ3n) is 0.581. The summed E-state index contributed by atoms with van der Waals surface area (Å²) in [5, 5.41) is 6.41. The molecule has 0 aromatic carbocycles. The van der Waals surface area contributed by atoms with E-state index in [-0.39, 0.29) is 5.95 Å². The molecule has 0 aliphatic carbocycles. The van der Waals surface area contributed by atoms with Crippen LogP contribution in [0, 0.1) is 6.20 Å². The van der Waals surface area contributed by atoms with Gasteiger partial charge in [-0.25, -0.2) is 0 Å². The summed E-state index contributed by atoms with van der Waals surface area (Å²) >= 11 is 0. The Labute approximate surface area is 46.4 Å². The Bertz CT molecular complexity index is 138. The Balaban J connectivity index is 2.50. The van der Waals surface area contributed by atoms with Crippen LogP contribution < -0.4 is 4.74 Å². The van der Waals surface area contributed by atoms with Crippen molar-refractivity contribution in [2.24, 2.45) is 0 Å². The van der Waals surface area contributed by atoms with Crippen molar-refractivity contribution in [3.63, 3.8) is 0 Å². The van der Waals surface area contributed by atoms with Gasteiger partial charge in [0.15, 0.2) is 0 Å². The fourth-order valence-corrected chi connectivity index (χ4v) is 0.329. The molecule has 0 bridgehead atoms. The van der Waals surface area contributed by atoms with Crippen LogP contribution in [0.3, 0.4) is 0 Å². The van der Waals surface area contributed by atoms with E-state index in [1.807, 2.05) is 6.92 Å². The smallest absolute Gasteiger partial charge is 0.342 e. The molecular weight excluding hydrogens is 108 g/mol. The van der Waals surface area contributed by atoms with Crippen LogP contribution in [0.5, 0.6) is 5.95 Å². The number of aromatic nitrogens is 2. The van der Waals surface area contributed by atoms with Crippen molar-refractivity contribution in [1.29, 1.82) is 0 Å². The summed E-state index contributed by atoms with van der Waals surface area (Å²) in [6.45, 7) is 2.39. The van der Waals surface area contributed by atoms with E-state index in [1.165, 1.54) is 0 Å². The summed E-state index contributed by atoms with van der Waals surface area (Å²) in [5.41, 5.74) is 0. The molecular formula is C4H5N2O2.